The lowest BCUT2D eigenvalue weighted by atomic mass is 9.60. The van der Waals surface area contributed by atoms with Crippen LogP contribution in [0.15, 0.2) is 42.7 Å². The molecule has 0 saturated heterocycles. The smallest absolute Gasteiger partial charge is 0.125 e. The van der Waals surface area contributed by atoms with Crippen molar-refractivity contribution in [3.05, 3.63) is 59.7 Å². The Kier molecular flexibility index (Phi) is 3.67. The number of benzene rings is 1. The summed E-state index contributed by atoms with van der Waals surface area (Å²) in [5.41, 5.74) is 2.68. The molecule has 0 aliphatic heterocycles. The molecule has 1 N–H and O–H groups in total. The first-order valence-corrected chi connectivity index (χ1v) is 8.39. The van der Waals surface area contributed by atoms with Crippen molar-refractivity contribution in [1.29, 1.82) is 0 Å². The number of nitrogens with one attached hydrogen (secondary N) is 1. The first-order valence-electron chi connectivity index (χ1n) is 8.39. The van der Waals surface area contributed by atoms with Crippen LogP contribution >= 0.6 is 0 Å². The molecule has 4 unspecified atom stereocenters. The highest BCUT2D eigenvalue weighted by Crippen LogP contribution is 2.55. The molecule has 2 aliphatic carbocycles. The fourth-order valence-corrected chi connectivity index (χ4v) is 4.45. The van der Waals surface area contributed by atoms with E-state index in [-0.39, 0.29) is 0 Å². The molecule has 114 valence electrons. The lowest BCUT2D eigenvalue weighted by molar-refractivity contribution is 0.0940. The number of aromatic nitrogens is 2. The average Bonchev–Trinajstić information content (AvgIpc) is 2.94. The van der Waals surface area contributed by atoms with Gasteiger partial charge in [0, 0.05) is 36.5 Å². The molecular formula is C19H23N3. The Bertz CT molecular complexity index is 623. The summed E-state index contributed by atoms with van der Waals surface area (Å²) >= 11 is 0. The molecule has 2 saturated carbocycles. The van der Waals surface area contributed by atoms with Crippen LogP contribution in [0.4, 0.5) is 0 Å². The maximum absolute atomic E-state index is 4.29. The van der Waals surface area contributed by atoms with E-state index < -0.39 is 0 Å². The summed E-state index contributed by atoms with van der Waals surface area (Å²) in [7, 11) is 0. The van der Waals surface area contributed by atoms with Crippen LogP contribution in [-0.4, -0.2) is 16.0 Å². The highest BCUT2D eigenvalue weighted by molar-refractivity contribution is 5.28. The molecule has 0 radical (unpaired) electrons. The Balaban J connectivity index is 1.48. The lowest BCUT2D eigenvalue weighted by Gasteiger charge is -2.50. The molecule has 0 amide bonds. The summed E-state index contributed by atoms with van der Waals surface area (Å²) in [6.07, 6.45) is 8.06. The van der Waals surface area contributed by atoms with Gasteiger partial charge >= 0.3 is 0 Å². The molecule has 1 aromatic heterocycles. The zero-order valence-electron chi connectivity index (χ0n) is 13.1. The van der Waals surface area contributed by atoms with Crippen molar-refractivity contribution in [3.8, 4) is 0 Å². The molecule has 2 aliphatic rings. The molecule has 3 heteroatoms. The third-order valence-electron chi connectivity index (χ3n) is 5.50. The van der Waals surface area contributed by atoms with E-state index in [9.17, 15) is 0 Å². The van der Waals surface area contributed by atoms with Gasteiger partial charge in [-0.1, -0.05) is 36.8 Å². The SMILES string of the molecule is Cc1ncc(CNC2C3CCCC3C2c2ccccc2)cn1. The van der Waals surface area contributed by atoms with E-state index in [4.69, 9.17) is 0 Å². The van der Waals surface area contributed by atoms with Gasteiger partial charge in [0.25, 0.3) is 0 Å². The number of fused-ring (bicyclic) bond motifs is 1. The van der Waals surface area contributed by atoms with Crippen LogP contribution in [0.1, 0.15) is 42.1 Å². The number of hydrogen-bond donors (Lipinski definition) is 1. The van der Waals surface area contributed by atoms with Crippen molar-refractivity contribution in [2.75, 3.05) is 0 Å². The zero-order valence-corrected chi connectivity index (χ0v) is 13.1. The van der Waals surface area contributed by atoms with Gasteiger partial charge in [0.1, 0.15) is 5.82 Å². The predicted octanol–water partition coefficient (Wildman–Crippen LogP) is 3.46. The van der Waals surface area contributed by atoms with Crippen LogP contribution in [0, 0.1) is 18.8 Å². The summed E-state index contributed by atoms with van der Waals surface area (Å²) in [6.45, 7) is 2.80. The topological polar surface area (TPSA) is 37.8 Å². The normalized spacial score (nSPS) is 29.9. The van der Waals surface area contributed by atoms with Crippen molar-refractivity contribution >= 4 is 0 Å². The minimum Gasteiger partial charge on any atom is -0.309 e. The van der Waals surface area contributed by atoms with Gasteiger partial charge < -0.3 is 5.32 Å². The van der Waals surface area contributed by atoms with E-state index in [1.54, 1.807) is 0 Å². The molecular weight excluding hydrogens is 270 g/mol. The molecule has 2 fully saturated rings. The van der Waals surface area contributed by atoms with Crippen LogP contribution in [0.3, 0.4) is 0 Å². The number of hydrogen-bond acceptors (Lipinski definition) is 3. The summed E-state index contributed by atoms with van der Waals surface area (Å²) in [6, 6.07) is 11.6. The summed E-state index contributed by atoms with van der Waals surface area (Å²) in [5.74, 6) is 3.26. The van der Waals surface area contributed by atoms with Crippen molar-refractivity contribution < 1.29 is 0 Å². The summed E-state index contributed by atoms with van der Waals surface area (Å²) < 4.78 is 0. The Morgan fingerprint density at radius 2 is 1.77 bits per heavy atom. The predicted molar refractivity (Wildman–Crippen MR) is 87.4 cm³/mol. The van der Waals surface area contributed by atoms with Gasteiger partial charge in [0.2, 0.25) is 0 Å². The van der Waals surface area contributed by atoms with Gasteiger partial charge in [0.15, 0.2) is 0 Å². The first kappa shape index (κ1) is 13.9. The molecule has 22 heavy (non-hydrogen) atoms. The fourth-order valence-electron chi connectivity index (χ4n) is 4.45. The van der Waals surface area contributed by atoms with Gasteiger partial charge in [0.05, 0.1) is 0 Å². The molecule has 4 atom stereocenters. The van der Waals surface area contributed by atoms with Crippen LogP contribution in [0.5, 0.6) is 0 Å². The third kappa shape index (κ3) is 2.44. The maximum Gasteiger partial charge on any atom is 0.125 e. The number of aryl methyl sites for hydroxylation is 1. The Morgan fingerprint density at radius 1 is 1.05 bits per heavy atom. The van der Waals surface area contributed by atoms with E-state index >= 15 is 0 Å². The first-order chi connectivity index (χ1) is 10.8. The summed E-state index contributed by atoms with van der Waals surface area (Å²) in [5, 5.41) is 3.79. The fraction of sp³-hybridized carbons (Fsp3) is 0.474. The van der Waals surface area contributed by atoms with Gasteiger partial charge in [-0.25, -0.2) is 9.97 Å². The monoisotopic (exact) mass is 293 g/mol. The molecule has 2 aromatic rings. The van der Waals surface area contributed by atoms with E-state index in [1.807, 2.05) is 19.3 Å². The zero-order chi connectivity index (χ0) is 14.9. The van der Waals surface area contributed by atoms with Crippen LogP contribution < -0.4 is 5.32 Å². The van der Waals surface area contributed by atoms with Crippen molar-refractivity contribution in [3.63, 3.8) is 0 Å². The van der Waals surface area contributed by atoms with Crippen LogP contribution in [0.2, 0.25) is 0 Å². The molecule has 4 rings (SSSR count). The van der Waals surface area contributed by atoms with Gasteiger partial charge in [-0.15, -0.1) is 0 Å². The number of nitrogens with zero attached hydrogens (tertiary/aromatic N) is 2. The van der Waals surface area contributed by atoms with E-state index in [0.717, 1.165) is 24.2 Å². The van der Waals surface area contributed by atoms with Gasteiger partial charge in [-0.05, 0) is 37.2 Å². The van der Waals surface area contributed by atoms with Crippen molar-refractivity contribution in [1.82, 2.24) is 15.3 Å². The Labute approximate surface area is 132 Å². The standard InChI is InChI=1S/C19H23N3/c1-13-20-10-14(11-21-13)12-22-19-17-9-5-8-16(17)18(19)15-6-3-2-4-7-15/h2-4,6-7,10-11,16-19,22H,5,8-9,12H2,1H3. The second kappa shape index (κ2) is 5.81. The third-order valence-corrected chi connectivity index (χ3v) is 5.50. The molecule has 0 spiro atoms. The largest absolute Gasteiger partial charge is 0.309 e. The minimum absolute atomic E-state index is 0.608. The Hall–Kier alpha value is -1.74. The van der Waals surface area contributed by atoms with E-state index in [0.29, 0.717) is 12.0 Å². The number of rotatable bonds is 4. The van der Waals surface area contributed by atoms with Crippen molar-refractivity contribution in [2.45, 2.75) is 44.7 Å². The van der Waals surface area contributed by atoms with E-state index in [2.05, 4.69) is 45.6 Å². The molecule has 1 heterocycles. The van der Waals surface area contributed by atoms with Crippen LogP contribution in [-0.2, 0) is 6.54 Å². The van der Waals surface area contributed by atoms with Gasteiger partial charge in [-0.2, -0.15) is 0 Å². The highest BCUT2D eigenvalue weighted by Gasteiger charge is 2.52. The van der Waals surface area contributed by atoms with Crippen molar-refractivity contribution in [2.24, 2.45) is 11.8 Å². The quantitative estimate of drug-likeness (QED) is 0.938. The molecule has 1 aromatic carbocycles. The second-order valence-electron chi connectivity index (χ2n) is 6.74. The molecule has 3 nitrogen and oxygen atoms in total. The average molecular weight is 293 g/mol. The second-order valence-corrected chi connectivity index (χ2v) is 6.74. The van der Waals surface area contributed by atoms with Gasteiger partial charge in [-0.3, -0.25) is 0 Å². The highest BCUT2D eigenvalue weighted by atomic mass is 15.0. The van der Waals surface area contributed by atoms with E-state index in [1.165, 1.54) is 30.4 Å². The summed E-state index contributed by atoms with van der Waals surface area (Å²) in [4.78, 5) is 8.59. The maximum atomic E-state index is 4.29. The molecule has 0 bridgehead atoms. The minimum atomic E-state index is 0.608. The Morgan fingerprint density at radius 3 is 2.55 bits per heavy atom. The van der Waals surface area contributed by atoms with Crippen LogP contribution in [0.25, 0.3) is 0 Å². The lowest BCUT2D eigenvalue weighted by Crippen LogP contribution is -2.54.